The summed E-state index contributed by atoms with van der Waals surface area (Å²) in [4.78, 5) is 34.6. The van der Waals surface area contributed by atoms with Crippen LogP contribution < -0.4 is 10.6 Å². The Morgan fingerprint density at radius 1 is 1.24 bits per heavy atom. The van der Waals surface area contributed by atoms with Gasteiger partial charge in [0.25, 0.3) is 24.2 Å². The summed E-state index contributed by atoms with van der Waals surface area (Å²) in [6, 6.07) is -0.194. The molecular weight excluding hydrogens is 583 g/mol. The minimum Gasteiger partial charge on any atom is -0.389 e. The van der Waals surface area contributed by atoms with Crippen LogP contribution in [0.1, 0.15) is 78.7 Å². The lowest BCUT2D eigenvalue weighted by atomic mass is 9.76. The van der Waals surface area contributed by atoms with E-state index < -0.39 is 77.6 Å². The SMILES string of the molecule is C[C@H]1CC(F)(F)CN1C(=O)c1nc(C(=O)NCC(C)(C)O)sc1-c1cnc(NC2(C(F)(F)F)CCC2)cc1C(F)F. The molecule has 1 atom stereocenters. The summed E-state index contributed by atoms with van der Waals surface area (Å²) >= 11 is 0.517. The van der Waals surface area contributed by atoms with Crippen LogP contribution in [0, 0.1) is 0 Å². The first kappa shape index (κ1) is 30.9. The molecule has 1 aliphatic heterocycles. The summed E-state index contributed by atoms with van der Waals surface area (Å²) in [6.07, 6.45) is -7.94. The van der Waals surface area contributed by atoms with Gasteiger partial charge in [-0.25, -0.2) is 27.5 Å². The normalized spacial score (nSPS) is 20.2. The molecule has 8 nitrogen and oxygen atoms in total. The third-order valence-electron chi connectivity index (χ3n) is 7.03. The summed E-state index contributed by atoms with van der Waals surface area (Å²) < 4.78 is 97.6. The number of aliphatic hydroxyl groups is 1. The maximum atomic E-state index is 14.3. The van der Waals surface area contributed by atoms with Crippen molar-refractivity contribution >= 4 is 29.0 Å². The van der Waals surface area contributed by atoms with Crippen molar-refractivity contribution < 1.29 is 45.4 Å². The Labute approximate surface area is 234 Å². The molecule has 2 aromatic rings. The van der Waals surface area contributed by atoms with Crippen molar-refractivity contribution in [3.05, 3.63) is 28.5 Å². The van der Waals surface area contributed by atoms with Crippen molar-refractivity contribution in [1.82, 2.24) is 20.2 Å². The van der Waals surface area contributed by atoms with Gasteiger partial charge < -0.3 is 20.6 Å². The molecule has 1 aliphatic carbocycles. The number of nitrogens with one attached hydrogen (secondary N) is 2. The van der Waals surface area contributed by atoms with Crippen LogP contribution in [0.3, 0.4) is 0 Å². The molecule has 1 saturated heterocycles. The topological polar surface area (TPSA) is 107 Å². The van der Waals surface area contributed by atoms with E-state index >= 15 is 0 Å². The lowest BCUT2D eigenvalue weighted by molar-refractivity contribution is -0.198. The maximum Gasteiger partial charge on any atom is 0.411 e. The zero-order valence-electron chi connectivity index (χ0n) is 22.2. The van der Waals surface area contributed by atoms with E-state index in [0.717, 1.165) is 17.2 Å². The maximum absolute atomic E-state index is 14.3. The van der Waals surface area contributed by atoms with Gasteiger partial charge in [-0.2, -0.15) is 13.2 Å². The molecule has 1 saturated carbocycles. The van der Waals surface area contributed by atoms with Crippen molar-refractivity contribution in [2.75, 3.05) is 18.4 Å². The number of halogens is 7. The van der Waals surface area contributed by atoms with Crippen molar-refractivity contribution in [3.8, 4) is 10.4 Å². The zero-order valence-corrected chi connectivity index (χ0v) is 23.0. The minimum atomic E-state index is -4.66. The molecule has 16 heteroatoms. The number of nitrogens with zero attached hydrogens (tertiary/aromatic N) is 3. The standard InChI is InChI=1S/C25H28F7N5O3S/c1-12-8-24(28,29)11-37(12)21(39)16-17(41-20(35-16)19(38)34-10-22(2,3)40)14-9-33-15(7-13(14)18(26)27)36-23(5-4-6-23)25(30,31)32/h7,9,12,18,40H,4-6,8,10-11H2,1-3H3,(H,33,36)(H,34,38)/t12-/m0/s1. The highest BCUT2D eigenvalue weighted by Crippen LogP contribution is 2.48. The van der Waals surface area contributed by atoms with Gasteiger partial charge in [-0.15, -0.1) is 11.3 Å². The van der Waals surface area contributed by atoms with Crippen LogP contribution in [-0.2, 0) is 0 Å². The predicted molar refractivity (Wildman–Crippen MR) is 135 cm³/mol. The minimum absolute atomic E-state index is 0.232. The molecule has 0 aromatic carbocycles. The van der Waals surface area contributed by atoms with E-state index in [1.165, 1.54) is 20.8 Å². The Morgan fingerprint density at radius 3 is 2.39 bits per heavy atom. The smallest absolute Gasteiger partial charge is 0.389 e. The van der Waals surface area contributed by atoms with E-state index in [1.807, 2.05) is 0 Å². The number of carbonyl (C=O) groups is 2. The molecule has 0 radical (unpaired) electrons. The van der Waals surface area contributed by atoms with Crippen LogP contribution in [0.2, 0.25) is 0 Å². The fourth-order valence-electron chi connectivity index (χ4n) is 4.70. The average Bonchev–Trinajstić information content (AvgIpc) is 3.38. The number of thiazole rings is 1. The Morgan fingerprint density at radius 2 is 1.90 bits per heavy atom. The van der Waals surface area contributed by atoms with Gasteiger partial charge in [0.2, 0.25) is 0 Å². The van der Waals surface area contributed by atoms with Gasteiger partial charge in [-0.1, -0.05) is 0 Å². The summed E-state index contributed by atoms with van der Waals surface area (Å²) in [7, 11) is 0. The molecule has 4 rings (SSSR count). The fourth-order valence-corrected chi connectivity index (χ4v) is 5.71. The van der Waals surface area contributed by atoms with Gasteiger partial charge in [0.1, 0.15) is 17.1 Å². The molecule has 0 unspecified atom stereocenters. The predicted octanol–water partition coefficient (Wildman–Crippen LogP) is 5.41. The van der Waals surface area contributed by atoms with E-state index in [9.17, 15) is 45.4 Å². The zero-order chi connectivity index (χ0) is 30.5. The third-order valence-corrected chi connectivity index (χ3v) is 8.11. The molecule has 0 bridgehead atoms. The molecule has 2 fully saturated rings. The van der Waals surface area contributed by atoms with Crippen molar-refractivity contribution in [1.29, 1.82) is 0 Å². The number of hydrogen-bond donors (Lipinski definition) is 3. The van der Waals surface area contributed by atoms with Crippen LogP contribution >= 0.6 is 11.3 Å². The Bertz CT molecular complexity index is 1320. The summed E-state index contributed by atoms with van der Waals surface area (Å²) in [5.41, 5.74) is -5.37. The molecule has 2 aromatic heterocycles. The van der Waals surface area contributed by atoms with E-state index in [0.29, 0.717) is 11.3 Å². The third kappa shape index (κ3) is 6.42. The molecule has 3 heterocycles. The van der Waals surface area contributed by atoms with Gasteiger partial charge in [0, 0.05) is 36.3 Å². The number of carbonyl (C=O) groups excluding carboxylic acids is 2. The largest absolute Gasteiger partial charge is 0.411 e. The molecule has 2 aliphatic rings. The highest BCUT2D eigenvalue weighted by Gasteiger charge is 2.58. The highest BCUT2D eigenvalue weighted by molar-refractivity contribution is 7.17. The lowest BCUT2D eigenvalue weighted by Crippen LogP contribution is -2.57. The molecule has 0 spiro atoms. The summed E-state index contributed by atoms with van der Waals surface area (Å²) in [6.45, 7) is 3.02. The second-order valence-electron chi connectivity index (χ2n) is 11.0. The van der Waals surface area contributed by atoms with Gasteiger partial charge in [-0.05, 0) is 46.1 Å². The van der Waals surface area contributed by atoms with E-state index in [2.05, 4.69) is 20.6 Å². The number of rotatable bonds is 8. The van der Waals surface area contributed by atoms with Crippen LogP contribution in [-0.4, -0.2) is 74.2 Å². The Hall–Kier alpha value is -3.01. The van der Waals surface area contributed by atoms with Crippen molar-refractivity contribution in [2.24, 2.45) is 0 Å². The van der Waals surface area contributed by atoms with Gasteiger partial charge in [0.05, 0.1) is 17.0 Å². The van der Waals surface area contributed by atoms with Crippen molar-refractivity contribution in [3.63, 3.8) is 0 Å². The molecule has 2 amide bonds. The van der Waals surface area contributed by atoms with E-state index in [-0.39, 0.29) is 41.3 Å². The van der Waals surface area contributed by atoms with Crippen LogP contribution in [0.15, 0.2) is 12.3 Å². The first-order chi connectivity index (χ1) is 18.8. The van der Waals surface area contributed by atoms with Crippen LogP contribution in [0.25, 0.3) is 10.4 Å². The summed E-state index contributed by atoms with van der Waals surface area (Å²) in [5, 5.41) is 14.2. The molecule has 41 heavy (non-hydrogen) atoms. The average molecular weight is 612 g/mol. The molecule has 226 valence electrons. The molecular formula is C25H28F7N5O3S. The van der Waals surface area contributed by atoms with Crippen molar-refractivity contribution in [2.45, 2.75) is 82.2 Å². The molecule has 3 N–H and O–H groups in total. The van der Waals surface area contributed by atoms with Crippen LogP contribution in [0.4, 0.5) is 36.6 Å². The monoisotopic (exact) mass is 611 g/mol. The lowest BCUT2D eigenvalue weighted by Gasteiger charge is -2.44. The Balaban J connectivity index is 1.77. The Kier molecular flexibility index (Phi) is 8.06. The number of anilines is 1. The number of amides is 2. The number of alkyl halides is 7. The number of likely N-dealkylation sites (tertiary alicyclic amines) is 1. The first-order valence-corrected chi connectivity index (χ1v) is 13.5. The number of aromatic nitrogens is 2. The number of hydrogen-bond acceptors (Lipinski definition) is 7. The van der Waals surface area contributed by atoms with Gasteiger partial charge in [-0.3, -0.25) is 9.59 Å². The van der Waals surface area contributed by atoms with E-state index in [1.54, 1.807) is 0 Å². The second kappa shape index (κ2) is 10.7. The quantitative estimate of drug-likeness (QED) is 0.345. The van der Waals surface area contributed by atoms with Gasteiger partial charge >= 0.3 is 6.18 Å². The van der Waals surface area contributed by atoms with Crippen LogP contribution in [0.5, 0.6) is 0 Å². The second-order valence-corrected chi connectivity index (χ2v) is 12.0. The fraction of sp³-hybridized carbons (Fsp3) is 0.600. The highest BCUT2D eigenvalue weighted by atomic mass is 32.1. The summed E-state index contributed by atoms with van der Waals surface area (Å²) in [5.74, 6) is -5.55. The van der Waals surface area contributed by atoms with Gasteiger partial charge in [0.15, 0.2) is 5.01 Å². The first-order valence-electron chi connectivity index (χ1n) is 12.7. The number of pyridine rings is 1. The van der Waals surface area contributed by atoms with E-state index in [4.69, 9.17) is 0 Å².